The smallest absolute Gasteiger partial charge is 0.410 e. The zero-order valence-electron chi connectivity index (χ0n) is 15.1. The molecule has 1 fully saturated rings. The monoisotopic (exact) mass is 366 g/mol. The molecule has 1 aliphatic heterocycles. The fraction of sp³-hybridized carbons (Fsp3) is 0.333. The first-order chi connectivity index (χ1) is 13.1. The van der Waals surface area contributed by atoms with E-state index in [-0.39, 0.29) is 25.1 Å². The molecule has 0 saturated carbocycles. The molecule has 1 amide bonds. The molecule has 0 unspecified atom stereocenters. The fourth-order valence-corrected chi connectivity index (χ4v) is 4.11. The van der Waals surface area contributed by atoms with E-state index in [0.29, 0.717) is 6.42 Å². The molecule has 2 N–H and O–H groups in total. The summed E-state index contributed by atoms with van der Waals surface area (Å²) in [5.41, 5.74) is 10.6. The molecule has 2 atom stereocenters. The molecule has 140 valence electrons. The van der Waals surface area contributed by atoms with Gasteiger partial charge in [0.25, 0.3) is 0 Å². The van der Waals surface area contributed by atoms with Crippen LogP contribution in [-0.4, -0.2) is 49.3 Å². The van der Waals surface area contributed by atoms with Gasteiger partial charge in [0.2, 0.25) is 0 Å². The Morgan fingerprint density at radius 1 is 1.07 bits per heavy atom. The maximum Gasteiger partial charge on any atom is 0.410 e. The van der Waals surface area contributed by atoms with Crippen LogP contribution in [0.15, 0.2) is 48.5 Å². The van der Waals surface area contributed by atoms with Crippen molar-refractivity contribution < 1.29 is 19.1 Å². The van der Waals surface area contributed by atoms with Gasteiger partial charge in [0.15, 0.2) is 0 Å². The van der Waals surface area contributed by atoms with Gasteiger partial charge >= 0.3 is 12.1 Å². The summed E-state index contributed by atoms with van der Waals surface area (Å²) in [6, 6.07) is 15.4. The summed E-state index contributed by atoms with van der Waals surface area (Å²) in [6.07, 6.45) is -0.142. The zero-order valence-corrected chi connectivity index (χ0v) is 15.1. The van der Waals surface area contributed by atoms with E-state index in [2.05, 4.69) is 24.3 Å². The van der Waals surface area contributed by atoms with Crippen LogP contribution < -0.4 is 5.73 Å². The summed E-state index contributed by atoms with van der Waals surface area (Å²) in [6.45, 7) is 0.503. The molecule has 0 spiro atoms. The largest absolute Gasteiger partial charge is 0.467 e. The average Bonchev–Trinajstić information content (AvgIpc) is 3.24. The lowest BCUT2D eigenvalue weighted by Gasteiger charge is -2.23. The van der Waals surface area contributed by atoms with E-state index in [1.54, 1.807) is 0 Å². The highest BCUT2D eigenvalue weighted by Crippen LogP contribution is 2.44. The van der Waals surface area contributed by atoms with Gasteiger partial charge in [-0.3, -0.25) is 4.90 Å². The maximum atomic E-state index is 12.6. The van der Waals surface area contributed by atoms with E-state index in [9.17, 15) is 9.59 Å². The predicted octanol–water partition coefficient (Wildman–Crippen LogP) is 2.51. The zero-order chi connectivity index (χ0) is 19.0. The molecule has 6 heteroatoms. The number of hydrogen-bond acceptors (Lipinski definition) is 5. The lowest BCUT2D eigenvalue weighted by Crippen LogP contribution is -2.42. The van der Waals surface area contributed by atoms with Crippen molar-refractivity contribution in [1.29, 1.82) is 0 Å². The third kappa shape index (κ3) is 3.06. The Hall–Kier alpha value is -2.86. The number of likely N-dealkylation sites (tertiary alicyclic amines) is 1. The molecular formula is C21H22N2O4. The number of nitrogens with two attached hydrogens (primary N) is 1. The van der Waals surface area contributed by atoms with E-state index in [1.807, 2.05) is 24.3 Å². The van der Waals surface area contributed by atoms with Crippen LogP contribution in [0.1, 0.15) is 23.5 Å². The topological polar surface area (TPSA) is 81.9 Å². The maximum absolute atomic E-state index is 12.6. The molecule has 27 heavy (non-hydrogen) atoms. The molecule has 2 aromatic rings. The molecule has 4 rings (SSSR count). The molecule has 2 aliphatic rings. The quantitative estimate of drug-likeness (QED) is 0.844. The average molecular weight is 366 g/mol. The number of methoxy groups -OCH3 is 1. The first-order valence-corrected chi connectivity index (χ1v) is 9.05. The first-order valence-electron chi connectivity index (χ1n) is 9.05. The predicted molar refractivity (Wildman–Crippen MR) is 100 cm³/mol. The van der Waals surface area contributed by atoms with Gasteiger partial charge in [-0.15, -0.1) is 0 Å². The van der Waals surface area contributed by atoms with Gasteiger partial charge in [-0.25, -0.2) is 9.59 Å². The number of carbonyl (C=O) groups excluding carboxylic acids is 2. The van der Waals surface area contributed by atoms with Gasteiger partial charge in [0.05, 0.1) is 7.11 Å². The van der Waals surface area contributed by atoms with E-state index in [4.69, 9.17) is 15.2 Å². The molecule has 0 bridgehead atoms. The Balaban J connectivity index is 1.52. The summed E-state index contributed by atoms with van der Waals surface area (Å²) in [7, 11) is 1.31. The van der Waals surface area contributed by atoms with E-state index < -0.39 is 18.1 Å². The highest BCUT2D eigenvalue weighted by atomic mass is 16.6. The summed E-state index contributed by atoms with van der Waals surface area (Å²) in [5.74, 6) is -0.481. The Bertz CT molecular complexity index is 836. The highest BCUT2D eigenvalue weighted by molar-refractivity contribution is 5.82. The first kappa shape index (κ1) is 17.5. The number of amides is 1. The number of fused-ring (bicyclic) bond motifs is 3. The van der Waals surface area contributed by atoms with Crippen molar-refractivity contribution >= 4 is 12.1 Å². The van der Waals surface area contributed by atoms with E-state index in [0.717, 1.165) is 11.1 Å². The minimum atomic E-state index is -0.680. The Morgan fingerprint density at radius 3 is 2.26 bits per heavy atom. The Morgan fingerprint density at radius 2 is 1.67 bits per heavy atom. The standard InChI is InChI=1S/C21H22N2O4/c1-26-20(24)19-10-13(22)11-23(19)21(25)27-12-18-16-8-4-2-6-14(16)15-7-3-5-9-17(15)18/h2-9,13,18-19H,10-12,22H2,1H3/t13-,19-/m0/s1. The fourth-order valence-electron chi connectivity index (χ4n) is 4.11. The Labute approximate surface area is 157 Å². The second kappa shape index (κ2) is 7.04. The van der Waals surface area contributed by atoms with Crippen molar-refractivity contribution in [3.63, 3.8) is 0 Å². The van der Waals surface area contributed by atoms with Crippen molar-refractivity contribution in [1.82, 2.24) is 4.90 Å². The second-order valence-corrected chi connectivity index (χ2v) is 6.99. The lowest BCUT2D eigenvalue weighted by atomic mass is 9.98. The highest BCUT2D eigenvalue weighted by Gasteiger charge is 2.40. The van der Waals surface area contributed by atoms with Crippen molar-refractivity contribution in [2.45, 2.75) is 24.4 Å². The number of rotatable bonds is 3. The van der Waals surface area contributed by atoms with Gasteiger partial charge in [-0.1, -0.05) is 48.5 Å². The molecule has 6 nitrogen and oxygen atoms in total. The van der Waals surface area contributed by atoms with Crippen LogP contribution in [0, 0.1) is 0 Å². The van der Waals surface area contributed by atoms with Crippen LogP contribution >= 0.6 is 0 Å². The van der Waals surface area contributed by atoms with Crippen molar-refractivity contribution in [3.8, 4) is 11.1 Å². The summed E-state index contributed by atoms with van der Waals surface area (Å²) in [5, 5.41) is 0. The van der Waals surface area contributed by atoms with Crippen LogP contribution in [0.4, 0.5) is 4.79 Å². The van der Waals surface area contributed by atoms with Crippen molar-refractivity contribution in [2.24, 2.45) is 5.73 Å². The molecule has 1 aliphatic carbocycles. The molecule has 1 saturated heterocycles. The van der Waals surface area contributed by atoms with Crippen molar-refractivity contribution in [3.05, 3.63) is 59.7 Å². The second-order valence-electron chi connectivity index (χ2n) is 6.99. The Kier molecular flexibility index (Phi) is 4.58. The molecule has 0 radical (unpaired) electrons. The van der Waals surface area contributed by atoms with Crippen LogP contribution in [0.5, 0.6) is 0 Å². The number of hydrogen-bond donors (Lipinski definition) is 1. The van der Waals surface area contributed by atoms with Gasteiger partial charge in [-0.2, -0.15) is 0 Å². The molecule has 0 aromatic heterocycles. The van der Waals surface area contributed by atoms with E-state index in [1.165, 1.54) is 23.1 Å². The number of ether oxygens (including phenoxy) is 2. The molecule has 2 aromatic carbocycles. The van der Waals surface area contributed by atoms with Crippen molar-refractivity contribution in [2.75, 3.05) is 20.3 Å². The lowest BCUT2D eigenvalue weighted by molar-refractivity contribution is -0.145. The SMILES string of the molecule is COC(=O)[C@@H]1C[C@H](N)CN1C(=O)OCC1c2ccccc2-c2ccccc21. The van der Waals surface area contributed by atoms with Gasteiger partial charge < -0.3 is 15.2 Å². The summed E-state index contributed by atoms with van der Waals surface area (Å²) < 4.78 is 10.4. The number of esters is 1. The summed E-state index contributed by atoms with van der Waals surface area (Å²) >= 11 is 0. The minimum Gasteiger partial charge on any atom is -0.467 e. The normalized spacial score (nSPS) is 20.9. The number of carbonyl (C=O) groups is 2. The van der Waals surface area contributed by atoms with Crippen LogP contribution in [0.25, 0.3) is 11.1 Å². The van der Waals surface area contributed by atoms with Gasteiger partial charge in [0, 0.05) is 18.5 Å². The number of benzene rings is 2. The molecular weight excluding hydrogens is 344 g/mol. The van der Waals surface area contributed by atoms with Crippen LogP contribution in [0.2, 0.25) is 0 Å². The van der Waals surface area contributed by atoms with Gasteiger partial charge in [0.1, 0.15) is 12.6 Å². The van der Waals surface area contributed by atoms with Gasteiger partial charge in [-0.05, 0) is 28.7 Å². The third-order valence-corrected chi connectivity index (χ3v) is 5.38. The molecule has 1 heterocycles. The number of nitrogens with zero attached hydrogens (tertiary/aromatic N) is 1. The van der Waals surface area contributed by atoms with Crippen LogP contribution in [-0.2, 0) is 14.3 Å². The minimum absolute atomic E-state index is 0.0193. The summed E-state index contributed by atoms with van der Waals surface area (Å²) in [4.78, 5) is 26.0. The van der Waals surface area contributed by atoms with E-state index >= 15 is 0 Å². The van der Waals surface area contributed by atoms with Crippen LogP contribution in [0.3, 0.4) is 0 Å². The third-order valence-electron chi connectivity index (χ3n) is 5.38.